The fourth-order valence-corrected chi connectivity index (χ4v) is 1.94. The first-order valence-electron chi connectivity index (χ1n) is 5.42. The van der Waals surface area contributed by atoms with E-state index in [1.54, 1.807) is 12.1 Å². The molecule has 20 heavy (non-hydrogen) atoms. The Labute approximate surface area is 121 Å². The summed E-state index contributed by atoms with van der Waals surface area (Å²) in [5.74, 6) is -0.610. The summed E-state index contributed by atoms with van der Waals surface area (Å²) in [5, 5.41) is 18.4. The molecule has 0 bridgehead atoms. The lowest BCUT2D eigenvalue weighted by molar-refractivity contribution is -0.385. The lowest BCUT2D eigenvalue weighted by atomic mass is 10.2. The SMILES string of the molecule is COC(=O)c1cn(Cc2ccc(Br)cc2[N+](=O)[O-])nn1. The van der Waals surface area contributed by atoms with E-state index in [4.69, 9.17) is 0 Å². The zero-order valence-corrected chi connectivity index (χ0v) is 11.9. The quantitative estimate of drug-likeness (QED) is 0.477. The summed E-state index contributed by atoms with van der Waals surface area (Å²) < 4.78 is 6.46. The minimum atomic E-state index is -0.610. The number of nitro groups is 1. The third-order valence-electron chi connectivity index (χ3n) is 2.51. The number of rotatable bonds is 4. The van der Waals surface area contributed by atoms with Crippen molar-refractivity contribution in [3.8, 4) is 0 Å². The van der Waals surface area contributed by atoms with Crippen LogP contribution in [0.4, 0.5) is 5.69 Å². The molecule has 0 saturated carbocycles. The Hall–Kier alpha value is -2.29. The van der Waals surface area contributed by atoms with Crippen LogP contribution in [0.1, 0.15) is 16.1 Å². The average Bonchev–Trinajstić information content (AvgIpc) is 2.88. The van der Waals surface area contributed by atoms with Crippen molar-refractivity contribution in [3.05, 3.63) is 50.2 Å². The first-order chi connectivity index (χ1) is 9.51. The molecular formula is C11H9BrN4O4. The summed E-state index contributed by atoms with van der Waals surface area (Å²) in [4.78, 5) is 21.8. The van der Waals surface area contributed by atoms with Gasteiger partial charge in [-0.05, 0) is 12.1 Å². The van der Waals surface area contributed by atoms with Gasteiger partial charge in [-0.15, -0.1) is 5.10 Å². The Morgan fingerprint density at radius 2 is 2.30 bits per heavy atom. The molecule has 0 aliphatic rings. The Morgan fingerprint density at radius 1 is 1.55 bits per heavy atom. The molecule has 1 heterocycles. The van der Waals surface area contributed by atoms with Crippen molar-refractivity contribution in [2.75, 3.05) is 7.11 Å². The molecule has 8 nitrogen and oxygen atoms in total. The van der Waals surface area contributed by atoms with Crippen molar-refractivity contribution in [2.45, 2.75) is 6.54 Å². The van der Waals surface area contributed by atoms with Gasteiger partial charge in [0.05, 0.1) is 30.3 Å². The van der Waals surface area contributed by atoms with Crippen LogP contribution >= 0.6 is 15.9 Å². The van der Waals surface area contributed by atoms with Crippen LogP contribution in [0, 0.1) is 10.1 Å². The van der Waals surface area contributed by atoms with Gasteiger partial charge in [0.25, 0.3) is 5.69 Å². The topological polar surface area (TPSA) is 100 Å². The third kappa shape index (κ3) is 2.99. The molecule has 0 fully saturated rings. The minimum Gasteiger partial charge on any atom is -0.464 e. The predicted octanol–water partition coefficient (Wildman–Crippen LogP) is 1.78. The number of carbonyl (C=O) groups excluding carboxylic acids is 1. The lowest BCUT2D eigenvalue weighted by Gasteiger charge is -2.03. The number of ether oxygens (including phenoxy) is 1. The van der Waals surface area contributed by atoms with Gasteiger partial charge in [-0.2, -0.15) is 0 Å². The van der Waals surface area contributed by atoms with Gasteiger partial charge in [0.2, 0.25) is 0 Å². The third-order valence-corrected chi connectivity index (χ3v) is 3.00. The number of aromatic nitrogens is 3. The predicted molar refractivity (Wildman–Crippen MR) is 71.3 cm³/mol. The van der Waals surface area contributed by atoms with Crippen molar-refractivity contribution >= 4 is 27.6 Å². The standard InChI is InChI=1S/C11H9BrN4O4/c1-20-11(17)9-6-15(14-13-9)5-7-2-3-8(12)4-10(7)16(18)19/h2-4,6H,5H2,1H3. The van der Waals surface area contributed by atoms with E-state index in [0.29, 0.717) is 10.0 Å². The number of methoxy groups -OCH3 is 1. The Morgan fingerprint density at radius 3 is 2.95 bits per heavy atom. The number of esters is 1. The molecule has 1 aromatic carbocycles. The van der Waals surface area contributed by atoms with Crippen LogP contribution < -0.4 is 0 Å². The number of carbonyl (C=O) groups is 1. The van der Waals surface area contributed by atoms with Crippen molar-refractivity contribution in [1.82, 2.24) is 15.0 Å². The molecule has 2 rings (SSSR count). The molecule has 9 heteroatoms. The molecule has 2 aromatic rings. The van der Waals surface area contributed by atoms with Crippen molar-refractivity contribution in [1.29, 1.82) is 0 Å². The fraction of sp³-hybridized carbons (Fsp3) is 0.182. The molecule has 0 amide bonds. The summed E-state index contributed by atoms with van der Waals surface area (Å²) in [6.07, 6.45) is 1.37. The number of nitrogens with zero attached hydrogens (tertiary/aromatic N) is 4. The zero-order valence-electron chi connectivity index (χ0n) is 10.3. The smallest absolute Gasteiger partial charge is 0.360 e. The highest BCUT2D eigenvalue weighted by Gasteiger charge is 2.16. The molecule has 0 aliphatic heterocycles. The Bertz CT molecular complexity index is 670. The highest BCUT2D eigenvalue weighted by Crippen LogP contribution is 2.24. The van der Waals surface area contributed by atoms with Gasteiger partial charge >= 0.3 is 5.97 Å². The van der Waals surface area contributed by atoms with Crippen LogP contribution in [-0.4, -0.2) is 33.0 Å². The average molecular weight is 341 g/mol. The first-order valence-corrected chi connectivity index (χ1v) is 6.22. The van der Waals surface area contributed by atoms with Gasteiger partial charge in [-0.1, -0.05) is 21.1 Å². The van der Waals surface area contributed by atoms with Gasteiger partial charge in [-0.3, -0.25) is 10.1 Å². The maximum atomic E-state index is 11.2. The minimum absolute atomic E-state index is 0.0329. The van der Waals surface area contributed by atoms with Gasteiger partial charge in [0, 0.05) is 10.5 Å². The van der Waals surface area contributed by atoms with Gasteiger partial charge in [-0.25, -0.2) is 9.48 Å². The van der Waals surface area contributed by atoms with Gasteiger partial charge in [0.1, 0.15) is 0 Å². The largest absolute Gasteiger partial charge is 0.464 e. The maximum absolute atomic E-state index is 11.2. The second-order valence-corrected chi connectivity index (χ2v) is 4.74. The van der Waals surface area contributed by atoms with E-state index < -0.39 is 10.9 Å². The fourth-order valence-electron chi connectivity index (χ4n) is 1.59. The number of hydrogen-bond donors (Lipinski definition) is 0. The number of hydrogen-bond acceptors (Lipinski definition) is 6. The molecule has 0 N–H and O–H groups in total. The van der Waals surface area contributed by atoms with Gasteiger partial charge < -0.3 is 4.74 Å². The summed E-state index contributed by atoms with van der Waals surface area (Å²) in [6.45, 7) is 0.133. The maximum Gasteiger partial charge on any atom is 0.360 e. The lowest BCUT2D eigenvalue weighted by Crippen LogP contribution is -2.04. The highest BCUT2D eigenvalue weighted by atomic mass is 79.9. The molecule has 0 aliphatic carbocycles. The molecule has 0 atom stereocenters. The molecule has 0 saturated heterocycles. The van der Waals surface area contributed by atoms with E-state index in [2.05, 4.69) is 31.0 Å². The van der Waals surface area contributed by atoms with Crippen LogP contribution in [0.5, 0.6) is 0 Å². The summed E-state index contributed by atoms with van der Waals surface area (Å²) >= 11 is 3.18. The van der Waals surface area contributed by atoms with E-state index in [1.165, 1.54) is 24.1 Å². The van der Waals surface area contributed by atoms with E-state index >= 15 is 0 Å². The van der Waals surface area contributed by atoms with E-state index in [-0.39, 0.29) is 17.9 Å². The highest BCUT2D eigenvalue weighted by molar-refractivity contribution is 9.10. The second-order valence-electron chi connectivity index (χ2n) is 3.82. The van der Waals surface area contributed by atoms with Crippen LogP contribution in [-0.2, 0) is 11.3 Å². The van der Waals surface area contributed by atoms with E-state index in [1.807, 2.05) is 0 Å². The first kappa shape index (κ1) is 14.1. The zero-order chi connectivity index (χ0) is 14.7. The number of nitro benzene ring substituents is 1. The summed E-state index contributed by atoms with van der Waals surface area (Å²) in [6, 6.07) is 4.72. The number of halogens is 1. The molecule has 0 spiro atoms. The molecule has 1 aromatic heterocycles. The van der Waals surface area contributed by atoms with E-state index in [9.17, 15) is 14.9 Å². The second kappa shape index (κ2) is 5.78. The van der Waals surface area contributed by atoms with Crippen LogP contribution in [0.15, 0.2) is 28.9 Å². The molecule has 0 radical (unpaired) electrons. The summed E-state index contributed by atoms with van der Waals surface area (Å²) in [7, 11) is 1.24. The van der Waals surface area contributed by atoms with Gasteiger partial charge in [0.15, 0.2) is 5.69 Å². The molecular weight excluding hydrogens is 332 g/mol. The summed E-state index contributed by atoms with van der Waals surface area (Å²) in [5.41, 5.74) is 0.473. The van der Waals surface area contributed by atoms with Crippen LogP contribution in [0.2, 0.25) is 0 Å². The monoisotopic (exact) mass is 340 g/mol. The molecule has 104 valence electrons. The van der Waals surface area contributed by atoms with Crippen molar-refractivity contribution < 1.29 is 14.5 Å². The molecule has 0 unspecified atom stereocenters. The Kier molecular flexibility index (Phi) is 4.08. The van der Waals surface area contributed by atoms with Crippen LogP contribution in [0.25, 0.3) is 0 Å². The van der Waals surface area contributed by atoms with Crippen molar-refractivity contribution in [2.24, 2.45) is 0 Å². The van der Waals surface area contributed by atoms with Crippen molar-refractivity contribution in [3.63, 3.8) is 0 Å². The Balaban J connectivity index is 2.28. The van der Waals surface area contributed by atoms with E-state index in [0.717, 1.165) is 0 Å². The normalized spacial score (nSPS) is 10.3. The number of benzene rings is 1. The van der Waals surface area contributed by atoms with Crippen LogP contribution in [0.3, 0.4) is 0 Å².